The highest BCUT2D eigenvalue weighted by molar-refractivity contribution is 7.89. The molecule has 4 rings (SSSR count). The Labute approximate surface area is 171 Å². The standard InChI is InChI=1S/C18H21N5O4S2/c1-12-19-17-14(6-9-28-17)18(25)23(12)20-16(24)15-10-13(11-21(15)2)29(26,27)22-7-4-3-5-8-22/h6,9-11H,3-5,7-8H2,1-2H3,(H,20,24). The first-order valence-electron chi connectivity index (χ1n) is 9.24. The van der Waals surface area contributed by atoms with Gasteiger partial charge in [-0.2, -0.15) is 4.31 Å². The molecule has 9 nitrogen and oxygen atoms in total. The summed E-state index contributed by atoms with van der Waals surface area (Å²) in [6, 6.07) is 3.00. The molecule has 1 fully saturated rings. The Kier molecular flexibility index (Phi) is 5.05. The Morgan fingerprint density at radius 2 is 1.97 bits per heavy atom. The summed E-state index contributed by atoms with van der Waals surface area (Å²) in [5.41, 5.74) is 2.30. The number of hydrogen-bond acceptors (Lipinski definition) is 6. The van der Waals surface area contributed by atoms with Gasteiger partial charge in [-0.15, -0.1) is 11.3 Å². The zero-order chi connectivity index (χ0) is 20.8. The number of thiophene rings is 1. The minimum Gasteiger partial charge on any atom is -0.345 e. The van der Waals surface area contributed by atoms with Crippen LogP contribution in [0.15, 0.2) is 33.4 Å². The Morgan fingerprint density at radius 1 is 1.24 bits per heavy atom. The molecule has 1 saturated heterocycles. The van der Waals surface area contributed by atoms with Crippen LogP contribution in [0.4, 0.5) is 0 Å². The van der Waals surface area contributed by atoms with Gasteiger partial charge in [0.1, 0.15) is 21.2 Å². The number of aryl methyl sites for hydroxylation is 2. The monoisotopic (exact) mass is 435 g/mol. The van der Waals surface area contributed by atoms with Gasteiger partial charge in [0.25, 0.3) is 11.5 Å². The molecule has 1 amide bonds. The first-order valence-corrected chi connectivity index (χ1v) is 11.6. The molecular formula is C18H21N5O4S2. The molecule has 4 heterocycles. The lowest BCUT2D eigenvalue weighted by molar-refractivity contribution is 0.0998. The lowest BCUT2D eigenvalue weighted by Crippen LogP contribution is -2.36. The van der Waals surface area contributed by atoms with E-state index < -0.39 is 15.9 Å². The highest BCUT2D eigenvalue weighted by Gasteiger charge is 2.28. The van der Waals surface area contributed by atoms with Crippen LogP contribution in [0, 0.1) is 6.92 Å². The first kappa shape index (κ1) is 19.8. The second kappa shape index (κ2) is 7.39. The van der Waals surface area contributed by atoms with Crippen molar-refractivity contribution in [2.45, 2.75) is 31.1 Å². The fraction of sp³-hybridized carbons (Fsp3) is 0.389. The molecule has 3 aromatic rings. The van der Waals surface area contributed by atoms with Gasteiger partial charge in [0.15, 0.2) is 0 Å². The van der Waals surface area contributed by atoms with E-state index in [2.05, 4.69) is 10.4 Å². The van der Waals surface area contributed by atoms with Gasteiger partial charge in [0.2, 0.25) is 10.0 Å². The maximum Gasteiger partial charge on any atom is 0.286 e. The predicted molar refractivity (Wildman–Crippen MR) is 110 cm³/mol. The number of nitrogens with zero attached hydrogens (tertiary/aromatic N) is 4. The highest BCUT2D eigenvalue weighted by Crippen LogP contribution is 2.22. The molecule has 1 N–H and O–H groups in total. The van der Waals surface area contributed by atoms with Crippen molar-refractivity contribution in [1.29, 1.82) is 0 Å². The maximum absolute atomic E-state index is 12.9. The molecule has 3 aromatic heterocycles. The second-order valence-electron chi connectivity index (χ2n) is 7.02. The summed E-state index contributed by atoms with van der Waals surface area (Å²) in [7, 11) is -2.06. The number of sulfonamides is 1. The van der Waals surface area contributed by atoms with Crippen LogP contribution in [-0.4, -0.2) is 45.9 Å². The van der Waals surface area contributed by atoms with E-state index in [0.29, 0.717) is 29.1 Å². The van der Waals surface area contributed by atoms with Gasteiger partial charge in [-0.1, -0.05) is 6.42 Å². The van der Waals surface area contributed by atoms with Crippen molar-refractivity contribution >= 4 is 37.5 Å². The van der Waals surface area contributed by atoms with Crippen molar-refractivity contribution in [2.24, 2.45) is 7.05 Å². The number of rotatable bonds is 4. The summed E-state index contributed by atoms with van der Waals surface area (Å²) < 4.78 is 29.7. The third-order valence-electron chi connectivity index (χ3n) is 5.04. The average Bonchev–Trinajstić information content (AvgIpc) is 3.32. The summed E-state index contributed by atoms with van der Waals surface area (Å²) in [5, 5.41) is 2.18. The average molecular weight is 436 g/mol. The predicted octanol–water partition coefficient (Wildman–Crippen LogP) is 1.66. The summed E-state index contributed by atoms with van der Waals surface area (Å²) in [6.07, 6.45) is 4.11. The van der Waals surface area contributed by atoms with E-state index in [1.165, 1.54) is 32.5 Å². The number of carbonyl (C=O) groups excluding carboxylic acids is 1. The van der Waals surface area contributed by atoms with E-state index in [4.69, 9.17) is 0 Å². The molecule has 0 spiro atoms. The second-order valence-corrected chi connectivity index (χ2v) is 9.85. The number of piperidine rings is 1. The molecule has 0 aliphatic carbocycles. The van der Waals surface area contributed by atoms with E-state index in [9.17, 15) is 18.0 Å². The van der Waals surface area contributed by atoms with E-state index >= 15 is 0 Å². The quantitative estimate of drug-likeness (QED) is 0.671. The summed E-state index contributed by atoms with van der Waals surface area (Å²) in [6.45, 7) is 2.59. The van der Waals surface area contributed by atoms with Gasteiger partial charge in [-0.05, 0) is 37.3 Å². The van der Waals surface area contributed by atoms with Gasteiger partial charge in [0, 0.05) is 26.3 Å². The van der Waals surface area contributed by atoms with Crippen molar-refractivity contribution in [1.82, 2.24) is 18.5 Å². The summed E-state index contributed by atoms with van der Waals surface area (Å²) in [5.74, 6) is -0.247. The Hall–Kier alpha value is -2.50. The number of amides is 1. The topological polar surface area (TPSA) is 106 Å². The smallest absolute Gasteiger partial charge is 0.286 e. The summed E-state index contributed by atoms with van der Waals surface area (Å²) >= 11 is 1.35. The van der Waals surface area contributed by atoms with Crippen molar-refractivity contribution in [3.8, 4) is 0 Å². The molecule has 0 unspecified atom stereocenters. The third-order valence-corrected chi connectivity index (χ3v) is 7.71. The lowest BCUT2D eigenvalue weighted by Gasteiger charge is -2.25. The van der Waals surface area contributed by atoms with Crippen LogP contribution in [-0.2, 0) is 17.1 Å². The first-order chi connectivity index (χ1) is 13.8. The molecule has 0 atom stereocenters. The van der Waals surface area contributed by atoms with Crippen LogP contribution in [0.2, 0.25) is 0 Å². The Balaban J connectivity index is 1.65. The van der Waals surface area contributed by atoms with Crippen LogP contribution in [0.3, 0.4) is 0 Å². The fourth-order valence-corrected chi connectivity index (χ4v) is 5.85. The minimum absolute atomic E-state index is 0.0718. The zero-order valence-corrected chi connectivity index (χ0v) is 17.7. The number of hydrogen-bond donors (Lipinski definition) is 1. The van der Waals surface area contributed by atoms with Gasteiger partial charge >= 0.3 is 0 Å². The fourth-order valence-electron chi connectivity index (χ4n) is 3.46. The van der Waals surface area contributed by atoms with E-state index in [1.54, 1.807) is 25.4 Å². The lowest BCUT2D eigenvalue weighted by atomic mass is 10.2. The van der Waals surface area contributed by atoms with Crippen LogP contribution < -0.4 is 11.0 Å². The van der Waals surface area contributed by atoms with Crippen molar-refractivity contribution < 1.29 is 13.2 Å². The number of fused-ring (bicyclic) bond motifs is 1. The van der Waals surface area contributed by atoms with Gasteiger partial charge < -0.3 is 4.57 Å². The third kappa shape index (κ3) is 3.49. The van der Waals surface area contributed by atoms with E-state index in [0.717, 1.165) is 23.9 Å². The van der Waals surface area contributed by atoms with E-state index in [1.807, 2.05) is 0 Å². The highest BCUT2D eigenvalue weighted by atomic mass is 32.2. The van der Waals surface area contributed by atoms with Crippen molar-refractivity contribution in [2.75, 3.05) is 18.5 Å². The van der Waals surface area contributed by atoms with Gasteiger partial charge in [-0.25, -0.2) is 18.1 Å². The zero-order valence-electron chi connectivity index (χ0n) is 16.1. The van der Waals surface area contributed by atoms with Gasteiger partial charge in [-0.3, -0.25) is 15.0 Å². The molecule has 0 radical (unpaired) electrons. The molecule has 0 bridgehead atoms. The molecule has 1 aliphatic heterocycles. The molecule has 1 aliphatic rings. The SMILES string of the molecule is Cc1nc2sccc2c(=O)n1NC(=O)c1cc(S(=O)(=O)N2CCCCC2)cn1C. The molecule has 11 heteroatoms. The largest absolute Gasteiger partial charge is 0.345 e. The Bertz CT molecular complexity index is 1250. The van der Waals surface area contributed by atoms with Crippen molar-refractivity contribution in [3.63, 3.8) is 0 Å². The van der Waals surface area contributed by atoms with Crippen LogP contribution in [0.5, 0.6) is 0 Å². The minimum atomic E-state index is -3.65. The molecule has 0 saturated carbocycles. The molecule has 29 heavy (non-hydrogen) atoms. The number of aromatic nitrogens is 3. The molecule has 0 aromatic carbocycles. The van der Waals surface area contributed by atoms with Crippen molar-refractivity contribution in [3.05, 3.63) is 45.6 Å². The van der Waals surface area contributed by atoms with Crippen LogP contribution >= 0.6 is 11.3 Å². The summed E-state index contributed by atoms with van der Waals surface area (Å²) in [4.78, 5) is 30.4. The van der Waals surface area contributed by atoms with E-state index in [-0.39, 0.29) is 16.1 Å². The van der Waals surface area contributed by atoms with Gasteiger partial charge in [0.05, 0.1) is 5.39 Å². The normalized spacial score (nSPS) is 15.7. The van der Waals surface area contributed by atoms with Crippen LogP contribution in [0.25, 0.3) is 10.2 Å². The number of nitrogens with one attached hydrogen (secondary N) is 1. The molecule has 154 valence electrons. The number of carbonyl (C=O) groups is 1. The molecular weight excluding hydrogens is 414 g/mol. The Morgan fingerprint density at radius 3 is 2.69 bits per heavy atom. The van der Waals surface area contributed by atoms with Crippen LogP contribution in [0.1, 0.15) is 35.6 Å². The maximum atomic E-state index is 12.9.